The van der Waals surface area contributed by atoms with Gasteiger partial charge in [0.2, 0.25) is 5.95 Å². The smallest absolute Gasteiger partial charge is 0.409 e. The third kappa shape index (κ3) is 5.12. The zero-order valence-electron chi connectivity index (χ0n) is 18.3. The Hall–Kier alpha value is -4.33. The van der Waals surface area contributed by atoms with Crippen molar-refractivity contribution in [2.24, 2.45) is 0 Å². The summed E-state index contributed by atoms with van der Waals surface area (Å²) in [6.07, 6.45) is 1.29. The molecule has 4 rings (SSSR count). The van der Waals surface area contributed by atoms with Crippen molar-refractivity contribution < 1.29 is 19.4 Å². The molecule has 8 heteroatoms. The van der Waals surface area contributed by atoms with Crippen molar-refractivity contribution in [3.8, 4) is 22.8 Å². The van der Waals surface area contributed by atoms with Crippen LogP contribution in [0.4, 0.5) is 16.4 Å². The molecule has 0 aliphatic heterocycles. The van der Waals surface area contributed by atoms with Crippen molar-refractivity contribution in [1.82, 2.24) is 9.97 Å². The number of anilines is 2. The van der Waals surface area contributed by atoms with Gasteiger partial charge >= 0.3 is 6.09 Å². The van der Waals surface area contributed by atoms with Crippen LogP contribution < -0.4 is 20.1 Å². The lowest BCUT2D eigenvalue weighted by Crippen LogP contribution is -2.09. The Balaban J connectivity index is 1.59. The van der Waals surface area contributed by atoms with Crippen molar-refractivity contribution in [3.05, 3.63) is 72.4 Å². The normalized spacial score (nSPS) is 10.6. The van der Waals surface area contributed by atoms with E-state index in [2.05, 4.69) is 20.6 Å². The number of rotatable bonds is 8. The number of para-hydroxylation sites is 1. The standard InChI is InChI=1S/C25H24N4O4/c1-32-19-8-7-17-13-18(14-22(20(17)15-19)29-25(30)31)21-10-12-27-24(28-21)26-11-9-16-5-3-4-6-23(16)33-2/h3-8,10,12-15,29H,9,11H2,1-2H3,(H,30,31)(H,26,27,28). The SMILES string of the molecule is COc1ccc2cc(-c3ccnc(NCCc4ccccc4OC)n3)cc(NC(=O)O)c2c1. The van der Waals surface area contributed by atoms with Gasteiger partial charge in [-0.25, -0.2) is 14.8 Å². The Morgan fingerprint density at radius 1 is 1.03 bits per heavy atom. The minimum absolute atomic E-state index is 0.457. The molecule has 0 atom stereocenters. The summed E-state index contributed by atoms with van der Waals surface area (Å²) < 4.78 is 10.7. The molecule has 0 bridgehead atoms. The number of amides is 1. The Labute approximate surface area is 191 Å². The minimum atomic E-state index is -1.14. The molecule has 8 nitrogen and oxygen atoms in total. The number of ether oxygens (including phenoxy) is 2. The molecular weight excluding hydrogens is 420 g/mol. The molecule has 168 valence electrons. The van der Waals surface area contributed by atoms with Crippen LogP contribution in [0.15, 0.2) is 66.9 Å². The summed E-state index contributed by atoms with van der Waals surface area (Å²) >= 11 is 0. The van der Waals surface area contributed by atoms with Gasteiger partial charge in [-0.1, -0.05) is 24.3 Å². The summed E-state index contributed by atoms with van der Waals surface area (Å²) in [6.45, 7) is 0.632. The fraction of sp³-hybridized carbons (Fsp3) is 0.160. The van der Waals surface area contributed by atoms with Gasteiger partial charge in [0.25, 0.3) is 0 Å². The minimum Gasteiger partial charge on any atom is -0.497 e. The molecule has 1 amide bonds. The molecule has 4 aromatic rings. The monoisotopic (exact) mass is 444 g/mol. The summed E-state index contributed by atoms with van der Waals surface area (Å²) in [7, 11) is 3.23. The summed E-state index contributed by atoms with van der Waals surface area (Å²) in [5.74, 6) is 1.98. The van der Waals surface area contributed by atoms with Crippen molar-refractivity contribution in [2.75, 3.05) is 31.4 Å². The molecule has 0 aliphatic carbocycles. The quantitative estimate of drug-likeness (QED) is 0.349. The lowest BCUT2D eigenvalue weighted by Gasteiger charge is -2.12. The molecular formula is C25H24N4O4. The molecule has 0 fully saturated rings. The number of carbonyl (C=O) groups is 1. The van der Waals surface area contributed by atoms with E-state index in [0.717, 1.165) is 34.1 Å². The van der Waals surface area contributed by atoms with Crippen LogP contribution in [0, 0.1) is 0 Å². The van der Waals surface area contributed by atoms with Crippen LogP contribution >= 0.6 is 0 Å². The number of hydrogen-bond donors (Lipinski definition) is 3. The van der Waals surface area contributed by atoms with Gasteiger partial charge in [0.05, 0.1) is 25.6 Å². The first-order chi connectivity index (χ1) is 16.1. The van der Waals surface area contributed by atoms with Gasteiger partial charge in [0, 0.05) is 23.7 Å². The molecule has 1 heterocycles. The van der Waals surface area contributed by atoms with E-state index in [1.807, 2.05) is 42.5 Å². The van der Waals surface area contributed by atoms with E-state index >= 15 is 0 Å². The Bertz CT molecular complexity index is 1290. The van der Waals surface area contributed by atoms with E-state index in [4.69, 9.17) is 9.47 Å². The number of nitrogens with one attached hydrogen (secondary N) is 2. The lowest BCUT2D eigenvalue weighted by molar-refractivity contribution is 0.210. The van der Waals surface area contributed by atoms with Crippen LogP contribution in [0.1, 0.15) is 5.56 Å². The highest BCUT2D eigenvalue weighted by atomic mass is 16.5. The van der Waals surface area contributed by atoms with Crippen molar-refractivity contribution >= 4 is 28.5 Å². The van der Waals surface area contributed by atoms with Crippen LogP contribution in [0.25, 0.3) is 22.0 Å². The highest BCUT2D eigenvalue weighted by Crippen LogP contribution is 2.33. The maximum atomic E-state index is 11.4. The van der Waals surface area contributed by atoms with Crippen molar-refractivity contribution in [2.45, 2.75) is 6.42 Å². The Morgan fingerprint density at radius 3 is 2.67 bits per heavy atom. The third-order valence-electron chi connectivity index (χ3n) is 5.22. The third-order valence-corrected chi connectivity index (χ3v) is 5.22. The van der Waals surface area contributed by atoms with Crippen LogP contribution in [-0.2, 0) is 6.42 Å². The predicted octanol–water partition coefficient (Wildman–Crippen LogP) is 5.06. The van der Waals surface area contributed by atoms with E-state index in [9.17, 15) is 9.90 Å². The first-order valence-corrected chi connectivity index (χ1v) is 10.4. The molecule has 3 N–H and O–H groups in total. The van der Waals surface area contributed by atoms with Crippen molar-refractivity contribution in [1.29, 1.82) is 0 Å². The van der Waals surface area contributed by atoms with E-state index in [0.29, 0.717) is 29.6 Å². The predicted molar refractivity (Wildman–Crippen MR) is 128 cm³/mol. The molecule has 0 radical (unpaired) electrons. The maximum absolute atomic E-state index is 11.4. The van der Waals surface area contributed by atoms with Crippen LogP contribution in [0.3, 0.4) is 0 Å². The topological polar surface area (TPSA) is 106 Å². The second-order valence-corrected chi connectivity index (χ2v) is 7.30. The first kappa shape index (κ1) is 21.9. The average Bonchev–Trinajstić information content (AvgIpc) is 2.84. The summed E-state index contributed by atoms with van der Waals surface area (Å²) in [5.41, 5.74) is 3.00. The first-order valence-electron chi connectivity index (χ1n) is 10.4. The zero-order chi connectivity index (χ0) is 23.2. The zero-order valence-corrected chi connectivity index (χ0v) is 18.3. The molecule has 0 saturated carbocycles. The lowest BCUT2D eigenvalue weighted by atomic mass is 10.0. The van der Waals surface area contributed by atoms with E-state index in [1.165, 1.54) is 0 Å². The molecule has 0 spiro atoms. The Morgan fingerprint density at radius 2 is 1.88 bits per heavy atom. The highest BCUT2D eigenvalue weighted by Gasteiger charge is 2.11. The molecule has 0 saturated heterocycles. The summed E-state index contributed by atoms with van der Waals surface area (Å²) in [4.78, 5) is 20.3. The van der Waals surface area contributed by atoms with E-state index < -0.39 is 6.09 Å². The second kappa shape index (κ2) is 9.86. The van der Waals surface area contributed by atoms with Crippen molar-refractivity contribution in [3.63, 3.8) is 0 Å². The maximum Gasteiger partial charge on any atom is 0.409 e. The number of fused-ring (bicyclic) bond motifs is 1. The largest absolute Gasteiger partial charge is 0.497 e. The average molecular weight is 444 g/mol. The highest BCUT2D eigenvalue weighted by molar-refractivity contribution is 6.02. The summed E-state index contributed by atoms with van der Waals surface area (Å²) in [5, 5.41) is 16.6. The van der Waals surface area contributed by atoms with Crippen LogP contribution in [-0.4, -0.2) is 41.9 Å². The molecule has 3 aromatic carbocycles. The van der Waals surface area contributed by atoms with Crippen LogP contribution in [0.2, 0.25) is 0 Å². The Kier molecular flexibility index (Phi) is 6.54. The van der Waals surface area contributed by atoms with Gasteiger partial charge in [-0.05, 0) is 53.8 Å². The molecule has 0 unspecified atom stereocenters. The van der Waals surface area contributed by atoms with Gasteiger partial charge in [-0.15, -0.1) is 0 Å². The molecule has 1 aromatic heterocycles. The fourth-order valence-corrected chi connectivity index (χ4v) is 3.65. The van der Waals surface area contributed by atoms with E-state index in [1.54, 1.807) is 38.6 Å². The number of benzene rings is 3. The number of aromatic nitrogens is 2. The number of nitrogens with zero attached hydrogens (tertiary/aromatic N) is 2. The van der Waals surface area contributed by atoms with Crippen LogP contribution in [0.5, 0.6) is 11.5 Å². The van der Waals surface area contributed by atoms with Gasteiger partial charge in [-0.3, -0.25) is 5.32 Å². The van der Waals surface area contributed by atoms with Gasteiger partial charge in [0.15, 0.2) is 0 Å². The number of carboxylic acid groups (broad SMARTS) is 1. The fourth-order valence-electron chi connectivity index (χ4n) is 3.65. The number of methoxy groups -OCH3 is 2. The summed E-state index contributed by atoms with van der Waals surface area (Å²) in [6, 6.07) is 18.9. The van der Waals surface area contributed by atoms with Gasteiger partial charge in [-0.2, -0.15) is 0 Å². The van der Waals surface area contributed by atoms with Gasteiger partial charge < -0.3 is 19.9 Å². The molecule has 0 aliphatic rings. The number of hydrogen-bond acceptors (Lipinski definition) is 6. The van der Waals surface area contributed by atoms with Gasteiger partial charge in [0.1, 0.15) is 11.5 Å². The van der Waals surface area contributed by atoms with E-state index in [-0.39, 0.29) is 0 Å². The molecule has 33 heavy (non-hydrogen) atoms. The second-order valence-electron chi connectivity index (χ2n) is 7.30.